The van der Waals surface area contributed by atoms with Gasteiger partial charge in [-0.15, -0.1) is 0 Å². The van der Waals surface area contributed by atoms with Gasteiger partial charge in [0.1, 0.15) is 12.3 Å². The van der Waals surface area contributed by atoms with Crippen LogP contribution in [0, 0.1) is 0 Å². The minimum atomic E-state index is 0.0153. The Morgan fingerprint density at radius 3 is 2.68 bits per heavy atom. The van der Waals surface area contributed by atoms with Crippen molar-refractivity contribution in [3.8, 4) is 0 Å². The molecule has 0 radical (unpaired) electrons. The summed E-state index contributed by atoms with van der Waals surface area (Å²) in [5.41, 5.74) is 1.71. The maximum absolute atomic E-state index is 12.6. The molecule has 1 saturated heterocycles. The lowest BCUT2D eigenvalue weighted by Crippen LogP contribution is -2.38. The van der Waals surface area contributed by atoms with Crippen LogP contribution in [-0.4, -0.2) is 43.8 Å². The van der Waals surface area contributed by atoms with Crippen molar-refractivity contribution in [2.24, 2.45) is 7.05 Å². The topological polar surface area (TPSA) is 86.3 Å². The Kier molecular flexibility index (Phi) is 5.48. The Morgan fingerprint density at radius 1 is 1.18 bits per heavy atom. The molecule has 0 aliphatic carbocycles. The quantitative estimate of drug-likeness (QED) is 0.652. The zero-order chi connectivity index (χ0) is 19.3. The zero-order valence-corrected chi connectivity index (χ0v) is 15.8. The third kappa shape index (κ3) is 4.12. The molecule has 4 rings (SSSR count). The third-order valence-electron chi connectivity index (χ3n) is 5.01. The second-order valence-electron chi connectivity index (χ2n) is 6.93. The summed E-state index contributed by atoms with van der Waals surface area (Å²) in [4.78, 5) is 18.9. The molecule has 0 saturated carbocycles. The minimum Gasteiger partial charge on any atom is -0.367 e. The molecule has 3 aromatic rings. The van der Waals surface area contributed by atoms with E-state index < -0.39 is 0 Å². The number of carbonyl (C=O) groups excluding carboxylic acids is 1. The highest BCUT2D eigenvalue weighted by atomic mass is 16.5. The van der Waals surface area contributed by atoms with Crippen LogP contribution >= 0.6 is 0 Å². The number of piperidine rings is 1. The summed E-state index contributed by atoms with van der Waals surface area (Å²) in [5, 5.41) is 8.18. The van der Waals surface area contributed by atoms with Crippen LogP contribution in [0.25, 0.3) is 0 Å². The van der Waals surface area contributed by atoms with Crippen molar-refractivity contribution in [1.82, 2.24) is 24.8 Å². The molecule has 1 aliphatic heterocycles. The molecular formula is C20H23N5O3. The number of hydrogen-bond acceptors (Lipinski definition) is 6. The van der Waals surface area contributed by atoms with Crippen molar-refractivity contribution in [3.63, 3.8) is 0 Å². The fourth-order valence-corrected chi connectivity index (χ4v) is 3.41. The summed E-state index contributed by atoms with van der Waals surface area (Å²) in [6.07, 6.45) is 3.27. The van der Waals surface area contributed by atoms with Gasteiger partial charge in [-0.1, -0.05) is 35.5 Å². The summed E-state index contributed by atoms with van der Waals surface area (Å²) in [6.45, 7) is 2.14. The van der Waals surface area contributed by atoms with Gasteiger partial charge in [0, 0.05) is 32.3 Å². The van der Waals surface area contributed by atoms with E-state index in [0.717, 1.165) is 18.4 Å². The smallest absolute Gasteiger partial charge is 0.272 e. The number of aryl methyl sites for hydroxylation is 1. The molecule has 146 valence electrons. The van der Waals surface area contributed by atoms with Crippen molar-refractivity contribution in [3.05, 3.63) is 65.6 Å². The highest BCUT2D eigenvalue weighted by Crippen LogP contribution is 2.26. The Labute approximate surface area is 163 Å². The third-order valence-corrected chi connectivity index (χ3v) is 5.01. The fourth-order valence-electron chi connectivity index (χ4n) is 3.41. The van der Waals surface area contributed by atoms with Crippen molar-refractivity contribution in [1.29, 1.82) is 0 Å². The maximum atomic E-state index is 12.6. The highest BCUT2D eigenvalue weighted by Gasteiger charge is 2.28. The molecule has 0 atom stereocenters. The molecule has 8 nitrogen and oxygen atoms in total. The van der Waals surface area contributed by atoms with Crippen molar-refractivity contribution >= 4 is 5.91 Å². The van der Waals surface area contributed by atoms with E-state index in [9.17, 15) is 4.79 Å². The number of benzene rings is 1. The first kappa shape index (κ1) is 18.4. The van der Waals surface area contributed by atoms with E-state index in [1.54, 1.807) is 24.0 Å². The molecule has 1 aliphatic rings. The Bertz CT molecular complexity index is 913. The van der Waals surface area contributed by atoms with Crippen LogP contribution in [0.4, 0.5) is 0 Å². The van der Waals surface area contributed by atoms with Gasteiger partial charge in [-0.25, -0.2) is 0 Å². The molecule has 28 heavy (non-hydrogen) atoms. The normalized spacial score (nSPS) is 15.1. The van der Waals surface area contributed by atoms with Gasteiger partial charge in [0.05, 0.1) is 6.61 Å². The van der Waals surface area contributed by atoms with Gasteiger partial charge in [-0.2, -0.15) is 10.1 Å². The molecule has 1 aromatic carbocycles. The molecule has 0 bridgehead atoms. The second kappa shape index (κ2) is 8.35. The van der Waals surface area contributed by atoms with E-state index in [1.165, 1.54) is 0 Å². The number of likely N-dealkylation sites (tertiary alicyclic amines) is 1. The van der Waals surface area contributed by atoms with Gasteiger partial charge in [0.15, 0.2) is 5.82 Å². The van der Waals surface area contributed by atoms with E-state index in [2.05, 4.69) is 15.2 Å². The lowest BCUT2D eigenvalue weighted by Gasteiger charge is -2.30. The van der Waals surface area contributed by atoms with Gasteiger partial charge in [0.25, 0.3) is 11.8 Å². The van der Waals surface area contributed by atoms with Crippen LogP contribution in [0.15, 0.2) is 47.1 Å². The molecule has 1 fully saturated rings. The zero-order valence-electron chi connectivity index (χ0n) is 15.8. The van der Waals surface area contributed by atoms with Crippen LogP contribution < -0.4 is 0 Å². The van der Waals surface area contributed by atoms with Crippen LogP contribution in [0.3, 0.4) is 0 Å². The molecule has 8 heteroatoms. The van der Waals surface area contributed by atoms with Crippen LogP contribution in [0.5, 0.6) is 0 Å². The van der Waals surface area contributed by atoms with Crippen molar-refractivity contribution in [2.45, 2.75) is 32.0 Å². The van der Waals surface area contributed by atoms with E-state index in [1.807, 2.05) is 35.2 Å². The maximum Gasteiger partial charge on any atom is 0.272 e. The largest absolute Gasteiger partial charge is 0.367 e. The van der Waals surface area contributed by atoms with Crippen molar-refractivity contribution in [2.75, 3.05) is 13.1 Å². The van der Waals surface area contributed by atoms with Crippen molar-refractivity contribution < 1.29 is 14.1 Å². The highest BCUT2D eigenvalue weighted by molar-refractivity contribution is 5.92. The van der Waals surface area contributed by atoms with Gasteiger partial charge >= 0.3 is 0 Å². The molecule has 0 unspecified atom stereocenters. The molecule has 3 heterocycles. The summed E-state index contributed by atoms with van der Waals surface area (Å²) in [6, 6.07) is 11.7. The lowest BCUT2D eigenvalue weighted by atomic mass is 9.96. The minimum absolute atomic E-state index is 0.0153. The van der Waals surface area contributed by atoms with Crippen LogP contribution in [0.2, 0.25) is 0 Å². The number of rotatable bonds is 6. The number of hydrogen-bond donors (Lipinski definition) is 0. The Hall–Kier alpha value is -3.00. The molecule has 1 amide bonds. The first-order valence-electron chi connectivity index (χ1n) is 9.42. The van der Waals surface area contributed by atoms with Gasteiger partial charge in [0.2, 0.25) is 0 Å². The standard InChI is InChI=1S/C20H23N5O3/c1-24-17(7-10-21-24)20(26)25-11-8-16(9-12-25)19-22-18(28-23-19)14-27-13-15-5-3-2-4-6-15/h2-7,10,16H,8-9,11-14H2,1H3. The molecule has 0 N–H and O–H groups in total. The van der Waals surface area contributed by atoms with Crippen LogP contribution in [-0.2, 0) is 25.0 Å². The van der Waals surface area contributed by atoms with Gasteiger partial charge in [-0.05, 0) is 24.5 Å². The van der Waals surface area contributed by atoms with Crippen LogP contribution in [0.1, 0.15) is 46.5 Å². The molecular weight excluding hydrogens is 358 g/mol. The first-order chi connectivity index (χ1) is 13.7. The summed E-state index contributed by atoms with van der Waals surface area (Å²) >= 11 is 0. The average molecular weight is 381 g/mol. The number of ether oxygens (including phenoxy) is 1. The second-order valence-corrected chi connectivity index (χ2v) is 6.93. The van der Waals surface area contributed by atoms with E-state index in [4.69, 9.17) is 9.26 Å². The number of nitrogens with zero attached hydrogens (tertiary/aromatic N) is 5. The van der Waals surface area contributed by atoms with Gasteiger partial charge < -0.3 is 14.2 Å². The van der Waals surface area contributed by atoms with E-state index in [0.29, 0.717) is 43.7 Å². The number of carbonyl (C=O) groups is 1. The average Bonchev–Trinajstić information content (AvgIpc) is 3.38. The van der Waals surface area contributed by atoms with E-state index >= 15 is 0 Å². The Balaban J connectivity index is 1.27. The predicted molar refractivity (Wildman–Crippen MR) is 100 cm³/mol. The first-order valence-corrected chi connectivity index (χ1v) is 9.42. The van der Waals surface area contributed by atoms with E-state index in [-0.39, 0.29) is 11.8 Å². The number of amides is 1. The molecule has 2 aromatic heterocycles. The Morgan fingerprint density at radius 2 is 1.96 bits per heavy atom. The predicted octanol–water partition coefficient (Wildman–Crippen LogP) is 2.54. The SMILES string of the molecule is Cn1nccc1C(=O)N1CCC(c2noc(COCc3ccccc3)n2)CC1. The summed E-state index contributed by atoms with van der Waals surface area (Å²) < 4.78 is 12.6. The summed E-state index contributed by atoms with van der Waals surface area (Å²) in [5.74, 6) is 1.40. The number of aromatic nitrogens is 4. The molecule has 0 spiro atoms. The van der Waals surface area contributed by atoms with Gasteiger partial charge in [-0.3, -0.25) is 9.48 Å². The summed E-state index contributed by atoms with van der Waals surface area (Å²) in [7, 11) is 1.78. The monoisotopic (exact) mass is 381 g/mol. The lowest BCUT2D eigenvalue weighted by molar-refractivity contribution is 0.0699. The fraction of sp³-hybridized carbons (Fsp3) is 0.400.